The molecular formula is C23H33N5O2. The molecule has 1 aromatic rings. The van der Waals surface area contributed by atoms with E-state index in [1.807, 2.05) is 28.0 Å². The van der Waals surface area contributed by atoms with Gasteiger partial charge in [0.25, 0.3) is 0 Å². The number of aliphatic imine (C=N–C) groups is 1. The topological polar surface area (TPSA) is 77.0 Å². The fourth-order valence-electron chi connectivity index (χ4n) is 4.94. The van der Waals surface area contributed by atoms with Gasteiger partial charge in [0.2, 0.25) is 11.8 Å². The van der Waals surface area contributed by atoms with E-state index in [0.717, 1.165) is 50.9 Å². The number of benzene rings is 1. The molecule has 1 aromatic carbocycles. The number of aryl methyl sites for hydroxylation is 1. The lowest BCUT2D eigenvalue weighted by Gasteiger charge is -2.30. The highest BCUT2D eigenvalue weighted by Crippen LogP contribution is 2.28. The zero-order valence-electron chi connectivity index (χ0n) is 17.9. The number of nitrogens with zero attached hydrogens (tertiary/aromatic N) is 3. The van der Waals surface area contributed by atoms with Gasteiger partial charge in [-0.05, 0) is 43.7 Å². The average molecular weight is 412 g/mol. The van der Waals surface area contributed by atoms with Gasteiger partial charge >= 0.3 is 0 Å². The van der Waals surface area contributed by atoms with Crippen LogP contribution in [-0.2, 0) is 16.0 Å². The number of rotatable bonds is 4. The summed E-state index contributed by atoms with van der Waals surface area (Å²) >= 11 is 0. The van der Waals surface area contributed by atoms with Gasteiger partial charge in [0, 0.05) is 44.3 Å². The fraction of sp³-hybridized carbons (Fsp3) is 0.609. The Hall–Kier alpha value is -2.57. The number of carbonyl (C=O) groups is 2. The van der Waals surface area contributed by atoms with E-state index in [1.54, 1.807) is 7.05 Å². The fourth-order valence-corrected chi connectivity index (χ4v) is 4.94. The zero-order chi connectivity index (χ0) is 20.9. The van der Waals surface area contributed by atoms with Crippen LogP contribution in [0.2, 0.25) is 0 Å². The summed E-state index contributed by atoms with van der Waals surface area (Å²) in [7, 11) is 1.71. The first-order chi connectivity index (χ1) is 14.7. The van der Waals surface area contributed by atoms with Gasteiger partial charge < -0.3 is 20.4 Å². The first-order valence-corrected chi connectivity index (χ1v) is 11.3. The molecule has 2 heterocycles. The minimum Gasteiger partial charge on any atom is -0.352 e. The molecule has 0 aromatic heterocycles. The number of hydrogen-bond acceptors (Lipinski definition) is 3. The average Bonchev–Trinajstić information content (AvgIpc) is 3.48. The summed E-state index contributed by atoms with van der Waals surface area (Å²) in [6, 6.07) is 8.30. The summed E-state index contributed by atoms with van der Waals surface area (Å²) in [5.41, 5.74) is 2.26. The van der Waals surface area contributed by atoms with Crippen molar-refractivity contribution in [3.8, 4) is 0 Å². The molecule has 162 valence electrons. The lowest BCUT2D eigenvalue weighted by Crippen LogP contribution is -2.49. The van der Waals surface area contributed by atoms with Crippen LogP contribution in [0.25, 0.3) is 0 Å². The number of para-hydroxylation sites is 1. The molecule has 2 aliphatic heterocycles. The van der Waals surface area contributed by atoms with Crippen LogP contribution in [0.5, 0.6) is 0 Å². The van der Waals surface area contributed by atoms with E-state index in [2.05, 4.69) is 21.7 Å². The van der Waals surface area contributed by atoms with Crippen LogP contribution >= 0.6 is 0 Å². The molecule has 2 amide bonds. The highest BCUT2D eigenvalue weighted by molar-refractivity contribution is 5.98. The molecule has 1 atom stereocenters. The van der Waals surface area contributed by atoms with Gasteiger partial charge in [-0.3, -0.25) is 14.6 Å². The van der Waals surface area contributed by atoms with E-state index in [-0.39, 0.29) is 24.4 Å². The molecule has 7 nitrogen and oxygen atoms in total. The third kappa shape index (κ3) is 4.60. The van der Waals surface area contributed by atoms with Gasteiger partial charge in [-0.2, -0.15) is 0 Å². The van der Waals surface area contributed by atoms with E-state index in [9.17, 15) is 9.59 Å². The molecule has 7 heteroatoms. The second-order valence-electron chi connectivity index (χ2n) is 8.60. The molecule has 0 bridgehead atoms. The smallest absolute Gasteiger partial charge is 0.246 e. The van der Waals surface area contributed by atoms with E-state index in [4.69, 9.17) is 0 Å². The summed E-state index contributed by atoms with van der Waals surface area (Å²) in [5.74, 6) is 1.22. The quantitative estimate of drug-likeness (QED) is 0.586. The van der Waals surface area contributed by atoms with Gasteiger partial charge in [0.05, 0.1) is 6.54 Å². The predicted octanol–water partition coefficient (Wildman–Crippen LogP) is 1.92. The molecule has 2 N–H and O–H groups in total. The van der Waals surface area contributed by atoms with Crippen molar-refractivity contribution in [1.82, 2.24) is 15.5 Å². The molecule has 2 fully saturated rings. The van der Waals surface area contributed by atoms with Crippen molar-refractivity contribution in [3.05, 3.63) is 29.8 Å². The van der Waals surface area contributed by atoms with Crippen LogP contribution in [0.15, 0.2) is 29.3 Å². The van der Waals surface area contributed by atoms with Gasteiger partial charge in [-0.25, -0.2) is 0 Å². The minimum absolute atomic E-state index is 0.0505. The lowest BCUT2D eigenvalue weighted by molar-refractivity contribution is -0.134. The second kappa shape index (κ2) is 9.49. The Balaban J connectivity index is 1.27. The number of hydrogen-bond donors (Lipinski definition) is 2. The molecule has 4 rings (SSSR count). The van der Waals surface area contributed by atoms with E-state index < -0.39 is 0 Å². The zero-order valence-corrected chi connectivity index (χ0v) is 17.9. The van der Waals surface area contributed by atoms with Crippen LogP contribution in [0.1, 0.15) is 44.1 Å². The molecule has 1 aliphatic carbocycles. The maximum Gasteiger partial charge on any atom is 0.246 e. The summed E-state index contributed by atoms with van der Waals surface area (Å²) < 4.78 is 0. The third-order valence-electron chi connectivity index (χ3n) is 6.59. The predicted molar refractivity (Wildman–Crippen MR) is 119 cm³/mol. The molecular weight excluding hydrogens is 378 g/mol. The van der Waals surface area contributed by atoms with Crippen molar-refractivity contribution in [2.45, 2.75) is 51.0 Å². The minimum atomic E-state index is 0.0505. The maximum atomic E-state index is 12.8. The van der Waals surface area contributed by atoms with E-state index in [0.29, 0.717) is 18.4 Å². The Kier molecular flexibility index (Phi) is 6.55. The van der Waals surface area contributed by atoms with Gasteiger partial charge in [-0.1, -0.05) is 31.0 Å². The van der Waals surface area contributed by atoms with Crippen molar-refractivity contribution in [2.24, 2.45) is 10.9 Å². The van der Waals surface area contributed by atoms with E-state index >= 15 is 0 Å². The Bertz CT molecular complexity index is 803. The highest BCUT2D eigenvalue weighted by Gasteiger charge is 2.32. The Morgan fingerprint density at radius 1 is 1.10 bits per heavy atom. The van der Waals surface area contributed by atoms with E-state index in [1.165, 1.54) is 18.4 Å². The molecule has 1 saturated heterocycles. The second-order valence-corrected chi connectivity index (χ2v) is 8.60. The Morgan fingerprint density at radius 2 is 1.90 bits per heavy atom. The number of amides is 2. The number of guanidine groups is 1. The van der Waals surface area contributed by atoms with Crippen LogP contribution in [0.4, 0.5) is 5.69 Å². The summed E-state index contributed by atoms with van der Waals surface area (Å²) in [6.45, 7) is 2.47. The number of nitrogens with one attached hydrogen (secondary N) is 2. The molecule has 0 spiro atoms. The Morgan fingerprint density at radius 3 is 2.70 bits per heavy atom. The summed E-state index contributed by atoms with van der Waals surface area (Å²) in [5, 5.41) is 6.56. The third-order valence-corrected chi connectivity index (χ3v) is 6.59. The molecule has 0 radical (unpaired) electrons. The summed E-state index contributed by atoms with van der Waals surface area (Å²) in [4.78, 5) is 33.6. The Labute approximate surface area is 178 Å². The number of carbonyl (C=O) groups excluding carboxylic acids is 2. The van der Waals surface area contributed by atoms with Crippen molar-refractivity contribution in [3.63, 3.8) is 0 Å². The van der Waals surface area contributed by atoms with Crippen LogP contribution in [-0.4, -0.2) is 61.9 Å². The van der Waals surface area contributed by atoms with Crippen molar-refractivity contribution in [1.29, 1.82) is 0 Å². The van der Waals surface area contributed by atoms with Crippen molar-refractivity contribution < 1.29 is 9.59 Å². The van der Waals surface area contributed by atoms with Gasteiger partial charge in [0.1, 0.15) is 0 Å². The SMILES string of the molecule is CN=C(NCC(=O)N1CCCc2ccccc21)NC1CCN(C(=O)C2CCCC2)C1. The molecule has 1 unspecified atom stereocenters. The normalized spacial score (nSPS) is 22.2. The maximum absolute atomic E-state index is 12.8. The lowest BCUT2D eigenvalue weighted by atomic mass is 10.0. The first-order valence-electron chi connectivity index (χ1n) is 11.3. The monoisotopic (exact) mass is 411 g/mol. The largest absolute Gasteiger partial charge is 0.352 e. The number of fused-ring (bicyclic) bond motifs is 1. The highest BCUT2D eigenvalue weighted by atomic mass is 16.2. The van der Waals surface area contributed by atoms with Crippen molar-refractivity contribution in [2.75, 3.05) is 38.1 Å². The summed E-state index contributed by atoms with van der Waals surface area (Å²) in [6.07, 6.45) is 7.36. The standard InChI is InChI=1S/C23H33N5O2/c1-24-23(26-19-12-14-27(16-19)22(30)18-8-2-3-9-18)25-15-21(29)28-13-6-10-17-7-4-5-11-20(17)28/h4-5,7,11,18-19H,2-3,6,8-10,12-16H2,1H3,(H2,24,25,26). The van der Waals surface area contributed by atoms with Gasteiger partial charge in [0.15, 0.2) is 5.96 Å². The van der Waals surface area contributed by atoms with Crippen LogP contribution < -0.4 is 15.5 Å². The van der Waals surface area contributed by atoms with Crippen molar-refractivity contribution >= 4 is 23.5 Å². The van der Waals surface area contributed by atoms with Gasteiger partial charge in [-0.15, -0.1) is 0 Å². The first kappa shape index (κ1) is 20.7. The van der Waals surface area contributed by atoms with Crippen LogP contribution in [0.3, 0.4) is 0 Å². The number of anilines is 1. The molecule has 30 heavy (non-hydrogen) atoms. The van der Waals surface area contributed by atoms with Crippen LogP contribution in [0, 0.1) is 5.92 Å². The molecule has 3 aliphatic rings. The number of likely N-dealkylation sites (tertiary alicyclic amines) is 1. The molecule has 1 saturated carbocycles.